The lowest BCUT2D eigenvalue weighted by atomic mass is 10.1. The zero-order valence-electron chi connectivity index (χ0n) is 13.6. The highest BCUT2D eigenvalue weighted by Gasteiger charge is 2.11. The highest BCUT2D eigenvalue weighted by Crippen LogP contribution is 2.29. The van der Waals surface area contributed by atoms with Crippen molar-refractivity contribution < 1.29 is 0 Å². The van der Waals surface area contributed by atoms with Gasteiger partial charge in [-0.25, -0.2) is 0 Å². The molecule has 2 nitrogen and oxygen atoms in total. The summed E-state index contributed by atoms with van der Waals surface area (Å²) in [4.78, 5) is 2.38. The maximum atomic E-state index is 3.52. The van der Waals surface area contributed by atoms with E-state index < -0.39 is 0 Å². The molecule has 0 amide bonds. The molecule has 0 aliphatic rings. The number of para-hydroxylation sites is 1. The predicted octanol–water partition coefficient (Wildman–Crippen LogP) is 4.65. The molecule has 112 valence electrons. The van der Waals surface area contributed by atoms with E-state index >= 15 is 0 Å². The van der Waals surface area contributed by atoms with Crippen molar-refractivity contribution in [2.24, 2.45) is 0 Å². The topological polar surface area (TPSA) is 15.3 Å². The first-order chi connectivity index (χ1) is 10.1. The molecule has 0 atom stereocenters. The summed E-state index contributed by atoms with van der Waals surface area (Å²) in [6.07, 6.45) is 0. The lowest BCUT2D eigenvalue weighted by Gasteiger charge is -2.26. The zero-order valence-corrected chi connectivity index (χ0v) is 13.6. The maximum absolute atomic E-state index is 3.52. The number of nitrogens with one attached hydrogen (secondary N) is 1. The first-order valence-corrected chi connectivity index (χ1v) is 7.77. The quantitative estimate of drug-likeness (QED) is 0.829. The lowest BCUT2D eigenvalue weighted by Crippen LogP contribution is -2.24. The second-order valence-corrected chi connectivity index (χ2v) is 5.75. The number of anilines is 2. The van der Waals surface area contributed by atoms with E-state index in [1.165, 1.54) is 22.5 Å². The summed E-state index contributed by atoms with van der Waals surface area (Å²) < 4.78 is 0. The smallest absolute Gasteiger partial charge is 0.0456 e. The van der Waals surface area contributed by atoms with Gasteiger partial charge in [0.15, 0.2) is 0 Å². The van der Waals surface area contributed by atoms with Crippen molar-refractivity contribution in [1.29, 1.82) is 0 Å². The molecular weight excluding hydrogens is 256 g/mol. The van der Waals surface area contributed by atoms with Crippen LogP contribution in [0.4, 0.5) is 11.4 Å². The number of rotatable bonds is 6. The number of hydrogen-bond acceptors (Lipinski definition) is 2. The van der Waals surface area contributed by atoms with Gasteiger partial charge in [0.1, 0.15) is 0 Å². The van der Waals surface area contributed by atoms with E-state index in [9.17, 15) is 0 Å². The number of aryl methyl sites for hydroxylation is 1. The monoisotopic (exact) mass is 282 g/mol. The summed E-state index contributed by atoms with van der Waals surface area (Å²) in [6, 6.07) is 17.8. The molecule has 0 unspecified atom stereocenters. The zero-order chi connectivity index (χ0) is 15.2. The van der Waals surface area contributed by atoms with Gasteiger partial charge >= 0.3 is 0 Å². The minimum atomic E-state index is 0.493. The molecule has 0 fully saturated rings. The fraction of sp³-hybridized carbons (Fsp3) is 0.368. The normalized spacial score (nSPS) is 10.9. The van der Waals surface area contributed by atoms with E-state index in [0.717, 1.165) is 13.1 Å². The van der Waals surface area contributed by atoms with Crippen molar-refractivity contribution in [3.05, 3.63) is 59.7 Å². The molecule has 0 aromatic heterocycles. The van der Waals surface area contributed by atoms with Gasteiger partial charge in [-0.3, -0.25) is 0 Å². The largest absolute Gasteiger partial charge is 0.341 e. The summed E-state index contributed by atoms with van der Waals surface area (Å²) >= 11 is 0. The molecule has 0 aliphatic heterocycles. The van der Waals surface area contributed by atoms with Crippen LogP contribution >= 0.6 is 0 Å². The summed E-state index contributed by atoms with van der Waals surface area (Å²) in [5.74, 6) is 0. The summed E-state index contributed by atoms with van der Waals surface area (Å²) in [5, 5.41) is 3.52. The Morgan fingerprint density at radius 3 is 2.48 bits per heavy atom. The van der Waals surface area contributed by atoms with Crippen LogP contribution in [0.5, 0.6) is 0 Å². The molecule has 2 aromatic rings. The molecule has 0 bridgehead atoms. The average molecular weight is 282 g/mol. The Morgan fingerprint density at radius 2 is 1.81 bits per heavy atom. The van der Waals surface area contributed by atoms with Crippen LogP contribution in [-0.2, 0) is 6.54 Å². The second-order valence-electron chi connectivity index (χ2n) is 5.75. The number of nitrogens with zero attached hydrogens (tertiary/aromatic N) is 1. The SMILES string of the molecule is CCN(c1cccc(C)c1)c1ccccc1CNC(C)C. The van der Waals surface area contributed by atoms with Gasteiger partial charge in [0.2, 0.25) is 0 Å². The molecule has 0 spiro atoms. The van der Waals surface area contributed by atoms with Gasteiger partial charge in [-0.2, -0.15) is 0 Å². The van der Waals surface area contributed by atoms with Gasteiger partial charge in [0.25, 0.3) is 0 Å². The predicted molar refractivity (Wildman–Crippen MR) is 92.3 cm³/mol. The standard InChI is InChI=1S/C19H26N2/c1-5-21(18-11-8-9-16(4)13-18)19-12-7-6-10-17(19)14-20-15(2)3/h6-13,15,20H,5,14H2,1-4H3. The molecule has 0 saturated carbocycles. The molecule has 2 heteroatoms. The average Bonchev–Trinajstić information content (AvgIpc) is 2.47. The minimum absolute atomic E-state index is 0.493. The molecule has 2 rings (SSSR count). The van der Waals surface area contributed by atoms with Gasteiger partial charge in [-0.15, -0.1) is 0 Å². The van der Waals surface area contributed by atoms with E-state index in [2.05, 4.69) is 86.4 Å². The van der Waals surface area contributed by atoms with Gasteiger partial charge < -0.3 is 10.2 Å². The summed E-state index contributed by atoms with van der Waals surface area (Å²) in [6.45, 7) is 10.6. The Balaban J connectivity index is 2.33. The third-order valence-electron chi connectivity index (χ3n) is 3.61. The van der Waals surface area contributed by atoms with Crippen LogP contribution in [0.2, 0.25) is 0 Å². The van der Waals surface area contributed by atoms with Crippen molar-refractivity contribution in [1.82, 2.24) is 5.32 Å². The van der Waals surface area contributed by atoms with Crippen molar-refractivity contribution >= 4 is 11.4 Å². The Bertz CT molecular complexity index is 575. The van der Waals surface area contributed by atoms with Crippen molar-refractivity contribution in [2.45, 2.75) is 40.3 Å². The van der Waals surface area contributed by atoms with Crippen LogP contribution in [0.25, 0.3) is 0 Å². The molecule has 0 saturated heterocycles. The highest BCUT2D eigenvalue weighted by molar-refractivity contribution is 5.66. The number of hydrogen-bond donors (Lipinski definition) is 1. The summed E-state index contributed by atoms with van der Waals surface area (Å²) in [7, 11) is 0. The maximum Gasteiger partial charge on any atom is 0.0456 e. The molecule has 1 N–H and O–H groups in total. The number of benzene rings is 2. The van der Waals surface area contributed by atoms with Crippen LogP contribution < -0.4 is 10.2 Å². The lowest BCUT2D eigenvalue weighted by molar-refractivity contribution is 0.588. The van der Waals surface area contributed by atoms with Crippen molar-refractivity contribution in [3.63, 3.8) is 0 Å². The van der Waals surface area contributed by atoms with E-state index in [1.54, 1.807) is 0 Å². The molecule has 0 heterocycles. The third-order valence-corrected chi connectivity index (χ3v) is 3.61. The van der Waals surface area contributed by atoms with E-state index in [4.69, 9.17) is 0 Å². The van der Waals surface area contributed by atoms with Gasteiger partial charge in [0.05, 0.1) is 0 Å². The Labute approximate surface area is 128 Å². The van der Waals surface area contributed by atoms with Crippen molar-refractivity contribution in [3.8, 4) is 0 Å². The van der Waals surface area contributed by atoms with E-state index in [0.29, 0.717) is 6.04 Å². The Kier molecular flexibility index (Phi) is 5.40. The van der Waals surface area contributed by atoms with Gasteiger partial charge in [-0.1, -0.05) is 44.2 Å². The first-order valence-electron chi connectivity index (χ1n) is 7.77. The minimum Gasteiger partial charge on any atom is -0.341 e. The first kappa shape index (κ1) is 15.6. The second kappa shape index (κ2) is 7.28. The third kappa shape index (κ3) is 4.08. The van der Waals surface area contributed by atoms with Crippen molar-refractivity contribution in [2.75, 3.05) is 11.4 Å². The Morgan fingerprint density at radius 1 is 1.05 bits per heavy atom. The molecular formula is C19H26N2. The highest BCUT2D eigenvalue weighted by atomic mass is 15.1. The Hall–Kier alpha value is -1.80. The van der Waals surface area contributed by atoms with Gasteiger partial charge in [-0.05, 0) is 43.2 Å². The van der Waals surface area contributed by atoms with Crippen LogP contribution in [0, 0.1) is 6.92 Å². The van der Waals surface area contributed by atoms with Gasteiger partial charge in [0, 0.05) is 30.5 Å². The van der Waals surface area contributed by atoms with E-state index in [-0.39, 0.29) is 0 Å². The van der Waals surface area contributed by atoms with Crippen LogP contribution in [0.3, 0.4) is 0 Å². The molecule has 2 aromatic carbocycles. The fourth-order valence-electron chi connectivity index (χ4n) is 2.53. The molecule has 0 aliphatic carbocycles. The van der Waals surface area contributed by atoms with Crippen LogP contribution in [-0.4, -0.2) is 12.6 Å². The van der Waals surface area contributed by atoms with E-state index in [1.807, 2.05) is 0 Å². The molecule has 21 heavy (non-hydrogen) atoms. The molecule has 0 radical (unpaired) electrons. The summed E-state index contributed by atoms with van der Waals surface area (Å²) in [5.41, 5.74) is 5.19. The van der Waals surface area contributed by atoms with Crippen LogP contribution in [0.1, 0.15) is 31.9 Å². The van der Waals surface area contributed by atoms with Crippen LogP contribution in [0.15, 0.2) is 48.5 Å². The fourth-order valence-corrected chi connectivity index (χ4v) is 2.53.